The Hall–Kier alpha value is -1.57. The van der Waals surface area contributed by atoms with E-state index in [4.69, 9.17) is 4.74 Å². The number of unbranched alkanes of at least 4 members (excludes halogenated alkanes) is 2. The summed E-state index contributed by atoms with van der Waals surface area (Å²) in [5.74, 6) is -0.284. The standard InChI is InChI=1S/C15H20O2/c1-13(2)15(16)17-12-8-4-7-11-14-9-5-3-6-10-14/h3,5-6,9-10H,1,4,7-8,11-12H2,2H3. The van der Waals surface area contributed by atoms with Gasteiger partial charge in [0.15, 0.2) is 0 Å². The Morgan fingerprint density at radius 2 is 1.88 bits per heavy atom. The van der Waals surface area contributed by atoms with Crippen molar-refractivity contribution >= 4 is 5.97 Å². The van der Waals surface area contributed by atoms with Gasteiger partial charge in [-0.3, -0.25) is 0 Å². The highest BCUT2D eigenvalue weighted by molar-refractivity contribution is 5.86. The summed E-state index contributed by atoms with van der Waals surface area (Å²) in [4.78, 5) is 11.1. The summed E-state index contributed by atoms with van der Waals surface area (Å²) in [6.07, 6.45) is 4.23. The van der Waals surface area contributed by atoms with Crippen LogP contribution in [0.15, 0.2) is 42.5 Å². The highest BCUT2D eigenvalue weighted by Crippen LogP contribution is 2.06. The number of esters is 1. The van der Waals surface area contributed by atoms with Crippen LogP contribution in [0.25, 0.3) is 0 Å². The van der Waals surface area contributed by atoms with Gasteiger partial charge in [-0.2, -0.15) is 0 Å². The molecule has 2 nitrogen and oxygen atoms in total. The molecule has 0 aliphatic heterocycles. The summed E-state index contributed by atoms with van der Waals surface area (Å²) in [6, 6.07) is 10.4. The summed E-state index contributed by atoms with van der Waals surface area (Å²) in [5, 5.41) is 0. The number of hydrogen-bond donors (Lipinski definition) is 0. The molecule has 0 spiro atoms. The van der Waals surface area contributed by atoms with E-state index in [0.717, 1.165) is 25.7 Å². The second-order valence-corrected chi connectivity index (χ2v) is 4.21. The number of carbonyl (C=O) groups excluding carboxylic acids is 1. The Kier molecular flexibility index (Phi) is 6.08. The van der Waals surface area contributed by atoms with Crippen molar-refractivity contribution in [1.29, 1.82) is 0 Å². The van der Waals surface area contributed by atoms with Crippen LogP contribution in [0, 0.1) is 0 Å². The van der Waals surface area contributed by atoms with Crippen molar-refractivity contribution in [2.24, 2.45) is 0 Å². The number of hydrogen-bond acceptors (Lipinski definition) is 2. The summed E-state index contributed by atoms with van der Waals surface area (Å²) in [7, 11) is 0. The maximum absolute atomic E-state index is 11.1. The first kappa shape index (κ1) is 13.5. The van der Waals surface area contributed by atoms with E-state index in [2.05, 4.69) is 30.8 Å². The van der Waals surface area contributed by atoms with Crippen LogP contribution in [0.5, 0.6) is 0 Å². The highest BCUT2D eigenvalue weighted by atomic mass is 16.5. The molecule has 0 saturated heterocycles. The molecule has 1 rings (SSSR count). The van der Waals surface area contributed by atoms with Crippen LogP contribution in [0.3, 0.4) is 0 Å². The van der Waals surface area contributed by atoms with Crippen molar-refractivity contribution in [1.82, 2.24) is 0 Å². The summed E-state index contributed by atoms with van der Waals surface area (Å²) < 4.78 is 5.02. The SMILES string of the molecule is C=C(C)C(=O)OCCCCCc1ccccc1. The lowest BCUT2D eigenvalue weighted by atomic mass is 10.1. The second kappa shape index (κ2) is 7.66. The third-order valence-electron chi connectivity index (χ3n) is 2.53. The first-order chi connectivity index (χ1) is 8.20. The average molecular weight is 232 g/mol. The minimum Gasteiger partial charge on any atom is -0.462 e. The van der Waals surface area contributed by atoms with Gasteiger partial charge in [0.25, 0.3) is 0 Å². The van der Waals surface area contributed by atoms with Crippen LogP contribution in [0.4, 0.5) is 0 Å². The van der Waals surface area contributed by atoms with E-state index in [-0.39, 0.29) is 5.97 Å². The fourth-order valence-electron chi connectivity index (χ4n) is 1.54. The van der Waals surface area contributed by atoms with Crippen molar-refractivity contribution in [3.63, 3.8) is 0 Å². The lowest BCUT2D eigenvalue weighted by Crippen LogP contribution is -2.06. The van der Waals surface area contributed by atoms with E-state index >= 15 is 0 Å². The molecule has 92 valence electrons. The molecule has 0 aliphatic rings. The molecule has 0 fully saturated rings. The van der Waals surface area contributed by atoms with Crippen LogP contribution in [-0.4, -0.2) is 12.6 Å². The zero-order valence-electron chi connectivity index (χ0n) is 10.4. The summed E-state index contributed by atoms with van der Waals surface area (Å²) >= 11 is 0. The van der Waals surface area contributed by atoms with Gasteiger partial charge in [0, 0.05) is 5.57 Å². The molecule has 0 radical (unpaired) electrons. The van der Waals surface area contributed by atoms with E-state index in [1.165, 1.54) is 5.56 Å². The van der Waals surface area contributed by atoms with E-state index in [9.17, 15) is 4.79 Å². The highest BCUT2D eigenvalue weighted by Gasteiger charge is 2.01. The summed E-state index contributed by atoms with van der Waals surface area (Å²) in [5.41, 5.74) is 1.83. The zero-order valence-corrected chi connectivity index (χ0v) is 10.4. The van der Waals surface area contributed by atoms with E-state index < -0.39 is 0 Å². The van der Waals surface area contributed by atoms with Crippen LogP contribution >= 0.6 is 0 Å². The lowest BCUT2D eigenvalue weighted by Gasteiger charge is -2.04. The third kappa shape index (κ3) is 5.91. The van der Waals surface area contributed by atoms with Crippen molar-refractivity contribution in [2.45, 2.75) is 32.6 Å². The Balaban J connectivity index is 2.02. The van der Waals surface area contributed by atoms with Crippen LogP contribution in [0.2, 0.25) is 0 Å². The molecule has 1 aromatic rings. The smallest absolute Gasteiger partial charge is 0.333 e. The monoisotopic (exact) mass is 232 g/mol. The molecule has 0 heterocycles. The Bertz CT molecular complexity index is 354. The molecule has 0 aliphatic carbocycles. The topological polar surface area (TPSA) is 26.3 Å². The number of carbonyl (C=O) groups is 1. The van der Waals surface area contributed by atoms with E-state index in [0.29, 0.717) is 12.2 Å². The van der Waals surface area contributed by atoms with Gasteiger partial charge in [-0.05, 0) is 38.2 Å². The maximum atomic E-state index is 11.1. The fourth-order valence-corrected chi connectivity index (χ4v) is 1.54. The molecule has 0 unspecified atom stereocenters. The van der Waals surface area contributed by atoms with Gasteiger partial charge in [-0.1, -0.05) is 36.9 Å². The van der Waals surface area contributed by atoms with Crippen molar-refractivity contribution < 1.29 is 9.53 Å². The van der Waals surface area contributed by atoms with Crippen molar-refractivity contribution in [2.75, 3.05) is 6.61 Å². The van der Waals surface area contributed by atoms with Gasteiger partial charge in [0.1, 0.15) is 0 Å². The molecule has 0 saturated carbocycles. The first-order valence-corrected chi connectivity index (χ1v) is 6.06. The van der Waals surface area contributed by atoms with Crippen LogP contribution < -0.4 is 0 Å². The molecule has 17 heavy (non-hydrogen) atoms. The summed E-state index contributed by atoms with van der Waals surface area (Å²) in [6.45, 7) is 5.70. The van der Waals surface area contributed by atoms with Gasteiger partial charge in [-0.15, -0.1) is 0 Å². The maximum Gasteiger partial charge on any atom is 0.333 e. The Morgan fingerprint density at radius 3 is 2.53 bits per heavy atom. The quantitative estimate of drug-likeness (QED) is 0.408. The second-order valence-electron chi connectivity index (χ2n) is 4.21. The molecular formula is C15H20O2. The van der Waals surface area contributed by atoms with Gasteiger partial charge in [0.05, 0.1) is 6.61 Å². The zero-order chi connectivity index (χ0) is 12.5. The lowest BCUT2D eigenvalue weighted by molar-refractivity contribution is -0.139. The van der Waals surface area contributed by atoms with Crippen molar-refractivity contribution in [3.05, 3.63) is 48.0 Å². The molecular weight excluding hydrogens is 212 g/mol. The number of rotatable bonds is 7. The minimum absolute atomic E-state index is 0.284. The van der Waals surface area contributed by atoms with Gasteiger partial charge in [0.2, 0.25) is 0 Å². The third-order valence-corrected chi connectivity index (χ3v) is 2.53. The Morgan fingerprint density at radius 1 is 1.18 bits per heavy atom. The van der Waals surface area contributed by atoms with Gasteiger partial charge >= 0.3 is 5.97 Å². The normalized spacial score (nSPS) is 9.94. The molecule has 0 amide bonds. The minimum atomic E-state index is -0.284. The van der Waals surface area contributed by atoms with Gasteiger partial charge < -0.3 is 4.74 Å². The van der Waals surface area contributed by atoms with E-state index in [1.54, 1.807) is 6.92 Å². The molecule has 0 aromatic heterocycles. The molecule has 0 bridgehead atoms. The fraction of sp³-hybridized carbons (Fsp3) is 0.400. The first-order valence-electron chi connectivity index (χ1n) is 6.06. The molecule has 2 heteroatoms. The molecule has 0 N–H and O–H groups in total. The number of benzene rings is 1. The number of aryl methyl sites for hydroxylation is 1. The van der Waals surface area contributed by atoms with Crippen LogP contribution in [-0.2, 0) is 16.0 Å². The van der Waals surface area contributed by atoms with Crippen LogP contribution in [0.1, 0.15) is 31.7 Å². The molecule has 1 aromatic carbocycles. The average Bonchev–Trinajstić information content (AvgIpc) is 2.34. The predicted molar refractivity (Wildman–Crippen MR) is 69.8 cm³/mol. The van der Waals surface area contributed by atoms with Crippen molar-refractivity contribution in [3.8, 4) is 0 Å². The largest absolute Gasteiger partial charge is 0.462 e. The molecule has 0 atom stereocenters. The van der Waals surface area contributed by atoms with Gasteiger partial charge in [-0.25, -0.2) is 4.79 Å². The van der Waals surface area contributed by atoms with E-state index in [1.807, 2.05) is 6.07 Å². The Labute approximate surface area is 103 Å². The number of ether oxygens (including phenoxy) is 1. The predicted octanol–water partition coefficient (Wildman–Crippen LogP) is 3.52.